The van der Waals surface area contributed by atoms with E-state index in [1.165, 1.54) is 7.11 Å². The average molecular weight is 404 g/mol. The largest absolute Gasteiger partial charge is 0.468 e. The molecule has 8 heteroatoms. The van der Waals surface area contributed by atoms with Crippen molar-refractivity contribution in [2.24, 2.45) is 5.73 Å². The number of anilines is 1. The van der Waals surface area contributed by atoms with Gasteiger partial charge < -0.3 is 15.8 Å². The van der Waals surface area contributed by atoms with Gasteiger partial charge in [-0.2, -0.15) is 0 Å². The standard InChI is InChI=1S/C17H16Cl2N2O3.ClH/c1-24-17(23)14(20)9-10-5-7-11(8-6-10)21-16(22)15-12(18)3-2-4-13(15)19;/h2-8,14H,9,20H2,1H3,(H,21,22);1H/t14-;/m1./s1. The van der Waals surface area contributed by atoms with Crippen LogP contribution in [-0.4, -0.2) is 25.0 Å². The number of nitrogens with two attached hydrogens (primary N) is 1. The monoisotopic (exact) mass is 402 g/mol. The first-order chi connectivity index (χ1) is 11.4. The molecule has 0 aliphatic carbocycles. The number of benzene rings is 2. The first-order valence-electron chi connectivity index (χ1n) is 7.10. The van der Waals surface area contributed by atoms with Crippen molar-refractivity contribution in [1.29, 1.82) is 0 Å². The summed E-state index contributed by atoms with van der Waals surface area (Å²) in [7, 11) is 1.29. The van der Waals surface area contributed by atoms with Gasteiger partial charge in [0, 0.05) is 5.69 Å². The summed E-state index contributed by atoms with van der Waals surface area (Å²) in [4.78, 5) is 23.6. The molecule has 134 valence electrons. The molecule has 0 fully saturated rings. The fourth-order valence-corrected chi connectivity index (χ4v) is 2.69. The van der Waals surface area contributed by atoms with Gasteiger partial charge in [0.2, 0.25) is 0 Å². The van der Waals surface area contributed by atoms with Gasteiger partial charge in [0.1, 0.15) is 6.04 Å². The molecular formula is C17H17Cl3N2O3. The number of esters is 1. The minimum Gasteiger partial charge on any atom is -0.468 e. The van der Waals surface area contributed by atoms with Crippen molar-refractivity contribution in [2.75, 3.05) is 12.4 Å². The van der Waals surface area contributed by atoms with Crippen LogP contribution in [0.15, 0.2) is 42.5 Å². The summed E-state index contributed by atoms with van der Waals surface area (Å²) in [6.07, 6.45) is 0.344. The summed E-state index contributed by atoms with van der Waals surface area (Å²) in [5.41, 5.74) is 7.36. The van der Waals surface area contributed by atoms with Crippen LogP contribution in [0, 0.1) is 0 Å². The molecule has 0 radical (unpaired) electrons. The highest BCUT2D eigenvalue weighted by atomic mass is 35.5. The molecule has 0 saturated carbocycles. The van der Waals surface area contributed by atoms with Crippen molar-refractivity contribution >= 4 is 53.2 Å². The lowest BCUT2D eigenvalue weighted by atomic mass is 10.1. The molecule has 0 unspecified atom stereocenters. The first kappa shape index (κ1) is 21.3. The van der Waals surface area contributed by atoms with E-state index in [0.717, 1.165) is 5.56 Å². The lowest BCUT2D eigenvalue weighted by molar-refractivity contribution is -0.142. The van der Waals surface area contributed by atoms with Crippen LogP contribution < -0.4 is 11.1 Å². The van der Waals surface area contributed by atoms with E-state index in [1.807, 2.05) is 0 Å². The predicted molar refractivity (Wildman–Crippen MR) is 102 cm³/mol. The molecule has 3 N–H and O–H groups in total. The number of ether oxygens (including phenoxy) is 1. The minimum atomic E-state index is -0.725. The number of hydrogen-bond donors (Lipinski definition) is 2. The van der Waals surface area contributed by atoms with Gasteiger partial charge in [-0.05, 0) is 36.2 Å². The smallest absolute Gasteiger partial charge is 0.322 e. The van der Waals surface area contributed by atoms with Gasteiger partial charge in [-0.25, -0.2) is 0 Å². The van der Waals surface area contributed by atoms with Gasteiger partial charge in [-0.1, -0.05) is 41.4 Å². The Morgan fingerprint density at radius 1 is 1.12 bits per heavy atom. The van der Waals surface area contributed by atoms with E-state index in [1.54, 1.807) is 42.5 Å². The fraction of sp³-hybridized carbons (Fsp3) is 0.176. The second-order valence-corrected chi connectivity index (χ2v) is 5.90. The highest BCUT2D eigenvalue weighted by Gasteiger charge is 2.16. The maximum absolute atomic E-state index is 12.3. The zero-order valence-electron chi connectivity index (χ0n) is 13.3. The zero-order chi connectivity index (χ0) is 17.7. The summed E-state index contributed by atoms with van der Waals surface area (Å²) >= 11 is 12.0. The van der Waals surface area contributed by atoms with Crippen molar-refractivity contribution < 1.29 is 14.3 Å². The molecule has 25 heavy (non-hydrogen) atoms. The topological polar surface area (TPSA) is 81.4 Å². The maximum Gasteiger partial charge on any atom is 0.322 e. The van der Waals surface area contributed by atoms with E-state index in [-0.39, 0.29) is 28.0 Å². The molecule has 0 aliphatic heterocycles. The Morgan fingerprint density at radius 3 is 2.20 bits per heavy atom. The van der Waals surface area contributed by atoms with Crippen LogP contribution in [0.5, 0.6) is 0 Å². The van der Waals surface area contributed by atoms with Crippen LogP contribution in [0.4, 0.5) is 5.69 Å². The van der Waals surface area contributed by atoms with Gasteiger partial charge in [0.25, 0.3) is 5.91 Å². The van der Waals surface area contributed by atoms with Crippen LogP contribution in [0.3, 0.4) is 0 Å². The van der Waals surface area contributed by atoms with Gasteiger partial charge in [-0.15, -0.1) is 12.4 Å². The average Bonchev–Trinajstić information content (AvgIpc) is 2.55. The Hall–Kier alpha value is -1.79. The quantitative estimate of drug-likeness (QED) is 0.746. The highest BCUT2D eigenvalue weighted by molar-refractivity contribution is 6.40. The number of rotatable bonds is 5. The second kappa shape index (κ2) is 9.63. The number of hydrogen-bond acceptors (Lipinski definition) is 4. The third-order valence-electron chi connectivity index (χ3n) is 3.36. The van der Waals surface area contributed by atoms with Crippen LogP contribution >= 0.6 is 35.6 Å². The second-order valence-electron chi connectivity index (χ2n) is 5.08. The maximum atomic E-state index is 12.3. The van der Waals surface area contributed by atoms with Crippen molar-refractivity contribution in [2.45, 2.75) is 12.5 Å². The first-order valence-corrected chi connectivity index (χ1v) is 7.85. The molecule has 2 rings (SSSR count). The van der Waals surface area contributed by atoms with Crippen molar-refractivity contribution in [3.05, 3.63) is 63.6 Å². The van der Waals surface area contributed by atoms with E-state index in [4.69, 9.17) is 28.9 Å². The number of methoxy groups -OCH3 is 1. The number of carbonyl (C=O) groups excluding carboxylic acids is 2. The summed E-state index contributed by atoms with van der Waals surface area (Å²) in [5, 5.41) is 3.28. The normalized spacial score (nSPS) is 11.2. The lowest BCUT2D eigenvalue weighted by Gasteiger charge is -2.11. The van der Waals surface area contributed by atoms with E-state index in [9.17, 15) is 9.59 Å². The Kier molecular flexibility index (Phi) is 8.19. The lowest BCUT2D eigenvalue weighted by Crippen LogP contribution is -2.33. The summed E-state index contributed by atoms with van der Waals surface area (Å²) in [6.45, 7) is 0. The third kappa shape index (κ3) is 5.61. The third-order valence-corrected chi connectivity index (χ3v) is 3.99. The Labute approximate surface area is 161 Å². The van der Waals surface area contributed by atoms with Crippen molar-refractivity contribution in [1.82, 2.24) is 0 Å². The van der Waals surface area contributed by atoms with Gasteiger partial charge in [-0.3, -0.25) is 9.59 Å². The van der Waals surface area contributed by atoms with Crippen LogP contribution in [0.1, 0.15) is 15.9 Å². The highest BCUT2D eigenvalue weighted by Crippen LogP contribution is 2.25. The zero-order valence-corrected chi connectivity index (χ0v) is 15.6. The summed E-state index contributed by atoms with van der Waals surface area (Å²) < 4.78 is 4.59. The minimum absolute atomic E-state index is 0. The van der Waals surface area contributed by atoms with Crippen molar-refractivity contribution in [3.63, 3.8) is 0 Å². The van der Waals surface area contributed by atoms with E-state index < -0.39 is 17.9 Å². The molecule has 0 bridgehead atoms. The molecule has 0 saturated heterocycles. The van der Waals surface area contributed by atoms with E-state index >= 15 is 0 Å². The van der Waals surface area contributed by atoms with Crippen LogP contribution in [0.25, 0.3) is 0 Å². The SMILES string of the molecule is COC(=O)[C@H](N)Cc1ccc(NC(=O)c2c(Cl)cccc2Cl)cc1.Cl. The summed E-state index contributed by atoms with van der Waals surface area (Å²) in [5.74, 6) is -0.870. The molecule has 0 aliphatic rings. The van der Waals surface area contributed by atoms with Crippen molar-refractivity contribution in [3.8, 4) is 0 Å². The number of carbonyl (C=O) groups is 2. The Morgan fingerprint density at radius 2 is 1.68 bits per heavy atom. The molecule has 2 aromatic carbocycles. The van der Waals surface area contributed by atoms with Crippen LogP contribution in [0.2, 0.25) is 10.0 Å². The predicted octanol–water partition coefficient (Wildman–Crippen LogP) is 3.71. The summed E-state index contributed by atoms with van der Waals surface area (Å²) in [6, 6.07) is 11.1. The Bertz CT molecular complexity index is 731. The molecule has 0 heterocycles. The molecule has 5 nitrogen and oxygen atoms in total. The van der Waals surface area contributed by atoms with Gasteiger partial charge >= 0.3 is 5.97 Å². The molecule has 0 spiro atoms. The Balaban J connectivity index is 0.00000312. The molecule has 2 aromatic rings. The number of nitrogens with one attached hydrogen (secondary N) is 1. The molecule has 1 atom stereocenters. The van der Waals surface area contributed by atoms with E-state index in [2.05, 4.69) is 10.1 Å². The fourth-order valence-electron chi connectivity index (χ4n) is 2.12. The molecule has 0 aromatic heterocycles. The number of amides is 1. The van der Waals surface area contributed by atoms with Gasteiger partial charge in [0.15, 0.2) is 0 Å². The molecule has 1 amide bonds. The number of halogens is 3. The molecular weight excluding hydrogens is 387 g/mol. The van der Waals surface area contributed by atoms with E-state index in [0.29, 0.717) is 12.1 Å². The van der Waals surface area contributed by atoms with Crippen LogP contribution in [-0.2, 0) is 16.0 Å². The van der Waals surface area contributed by atoms with Gasteiger partial charge in [0.05, 0.1) is 22.7 Å².